The van der Waals surface area contributed by atoms with Crippen molar-refractivity contribution in [2.24, 2.45) is 0 Å². The first-order valence-corrected chi connectivity index (χ1v) is 6.30. The number of benzene rings is 1. The van der Waals surface area contributed by atoms with Crippen molar-refractivity contribution in [1.29, 1.82) is 0 Å². The van der Waals surface area contributed by atoms with Gasteiger partial charge in [0, 0.05) is 21.9 Å². The van der Waals surface area contributed by atoms with Crippen molar-refractivity contribution in [2.75, 3.05) is 11.6 Å². The average Bonchev–Trinajstić information content (AvgIpc) is 2.26. The van der Waals surface area contributed by atoms with Gasteiger partial charge in [-0.25, -0.2) is 0 Å². The summed E-state index contributed by atoms with van der Waals surface area (Å²) >= 11 is 1.71. The highest BCUT2D eigenvalue weighted by atomic mass is 32.2. The average molecular weight is 231 g/mol. The van der Waals surface area contributed by atoms with Crippen molar-refractivity contribution in [3.8, 4) is 0 Å². The van der Waals surface area contributed by atoms with Gasteiger partial charge in [-0.15, -0.1) is 11.8 Å². The van der Waals surface area contributed by atoms with Gasteiger partial charge in [0.1, 0.15) is 0 Å². The maximum absolute atomic E-state index is 3.87. The lowest BCUT2D eigenvalue weighted by molar-refractivity contribution is 1.39. The van der Waals surface area contributed by atoms with Crippen LogP contribution in [0.4, 0.5) is 5.69 Å². The second-order valence-electron chi connectivity index (χ2n) is 3.42. The van der Waals surface area contributed by atoms with Crippen LogP contribution in [-0.2, 0) is 0 Å². The summed E-state index contributed by atoms with van der Waals surface area (Å²) in [6.45, 7) is 9.55. The maximum Gasteiger partial charge on any atom is 0.0466 e. The molecule has 84 valence electrons. The molecule has 0 aromatic heterocycles. The van der Waals surface area contributed by atoms with Crippen LogP contribution in [0.3, 0.4) is 0 Å². The Morgan fingerprint density at radius 2 is 2.06 bits per heavy atom. The zero-order valence-corrected chi connectivity index (χ0v) is 10.6. The summed E-state index contributed by atoms with van der Waals surface area (Å²) in [6, 6.07) is 8.20. The molecule has 0 atom stereocenters. The quantitative estimate of drug-likeness (QED) is 0.748. The van der Waals surface area contributed by atoms with Crippen molar-refractivity contribution < 1.29 is 0 Å². The molecule has 0 aliphatic rings. The monoisotopic (exact) mass is 231 g/mol. The van der Waals surface area contributed by atoms with Crippen LogP contribution in [0.25, 0.3) is 4.91 Å². The highest BCUT2D eigenvalue weighted by molar-refractivity contribution is 8.07. The summed E-state index contributed by atoms with van der Waals surface area (Å²) < 4.78 is 0. The molecule has 0 spiro atoms. The third kappa shape index (κ3) is 3.31. The molecule has 0 saturated carbocycles. The standard InChI is InChI=1S/C14H17NS/c1-5-8-14(16-4)12-9-6-7-10-13(12)15-11(2)3/h5-10,15H,1-2H2,3-4H3/b14-8-. The van der Waals surface area contributed by atoms with Gasteiger partial charge in [0.05, 0.1) is 0 Å². The van der Waals surface area contributed by atoms with Crippen LogP contribution in [0.1, 0.15) is 12.5 Å². The zero-order valence-electron chi connectivity index (χ0n) is 9.79. The van der Waals surface area contributed by atoms with Gasteiger partial charge in [-0.05, 0) is 25.3 Å². The normalized spacial score (nSPS) is 11.0. The van der Waals surface area contributed by atoms with E-state index < -0.39 is 0 Å². The first-order valence-electron chi connectivity index (χ1n) is 5.07. The van der Waals surface area contributed by atoms with E-state index in [9.17, 15) is 0 Å². The van der Waals surface area contributed by atoms with E-state index in [4.69, 9.17) is 0 Å². The Balaban J connectivity index is 3.15. The summed E-state index contributed by atoms with van der Waals surface area (Å²) in [6.07, 6.45) is 5.89. The van der Waals surface area contributed by atoms with Crippen molar-refractivity contribution in [3.63, 3.8) is 0 Å². The van der Waals surface area contributed by atoms with Gasteiger partial charge in [-0.3, -0.25) is 0 Å². The van der Waals surface area contributed by atoms with Crippen LogP contribution in [0, 0.1) is 0 Å². The number of thioether (sulfide) groups is 1. The van der Waals surface area contributed by atoms with Gasteiger partial charge >= 0.3 is 0 Å². The van der Waals surface area contributed by atoms with E-state index in [2.05, 4.69) is 36.9 Å². The highest BCUT2D eigenvalue weighted by Crippen LogP contribution is 2.31. The minimum absolute atomic E-state index is 0.937. The molecule has 2 heteroatoms. The van der Waals surface area contributed by atoms with Gasteiger partial charge in [0.25, 0.3) is 0 Å². The fourth-order valence-electron chi connectivity index (χ4n) is 1.41. The number of allylic oxidation sites excluding steroid dienone is 3. The Labute approximate surface area is 102 Å². The minimum atomic E-state index is 0.937. The predicted molar refractivity (Wildman–Crippen MR) is 76.6 cm³/mol. The van der Waals surface area contributed by atoms with Crippen LogP contribution in [0.5, 0.6) is 0 Å². The van der Waals surface area contributed by atoms with E-state index in [1.165, 1.54) is 10.5 Å². The van der Waals surface area contributed by atoms with E-state index in [0.29, 0.717) is 0 Å². The fourth-order valence-corrected chi connectivity index (χ4v) is 2.04. The lowest BCUT2D eigenvalue weighted by atomic mass is 10.1. The Morgan fingerprint density at radius 3 is 2.62 bits per heavy atom. The largest absolute Gasteiger partial charge is 0.359 e. The van der Waals surface area contributed by atoms with Gasteiger partial charge in [-0.1, -0.05) is 37.4 Å². The Bertz CT molecular complexity index is 418. The molecular formula is C14H17NS. The molecule has 1 nitrogen and oxygen atoms in total. The number of para-hydroxylation sites is 1. The third-order valence-electron chi connectivity index (χ3n) is 2.03. The van der Waals surface area contributed by atoms with E-state index in [1.807, 2.05) is 31.2 Å². The third-order valence-corrected chi connectivity index (χ3v) is 2.83. The molecule has 1 aromatic rings. The molecule has 1 rings (SSSR count). The summed E-state index contributed by atoms with van der Waals surface area (Å²) in [4.78, 5) is 1.19. The molecule has 0 aliphatic heterocycles. The lowest BCUT2D eigenvalue weighted by Gasteiger charge is -2.12. The lowest BCUT2D eigenvalue weighted by Crippen LogP contribution is -1.97. The van der Waals surface area contributed by atoms with Crippen LogP contribution in [0.15, 0.2) is 55.3 Å². The van der Waals surface area contributed by atoms with Crippen LogP contribution in [0.2, 0.25) is 0 Å². The molecule has 0 aliphatic carbocycles. The van der Waals surface area contributed by atoms with Gasteiger partial charge in [0.15, 0.2) is 0 Å². The van der Waals surface area contributed by atoms with Gasteiger partial charge in [-0.2, -0.15) is 0 Å². The maximum atomic E-state index is 3.87. The first kappa shape index (κ1) is 12.7. The molecule has 0 heterocycles. The fraction of sp³-hybridized carbons (Fsp3) is 0.143. The molecule has 16 heavy (non-hydrogen) atoms. The topological polar surface area (TPSA) is 12.0 Å². The van der Waals surface area contributed by atoms with E-state index in [-0.39, 0.29) is 0 Å². The second kappa shape index (κ2) is 6.23. The zero-order chi connectivity index (χ0) is 12.0. The predicted octanol–water partition coefficient (Wildman–Crippen LogP) is 4.52. The summed E-state index contributed by atoms with van der Waals surface area (Å²) in [7, 11) is 0. The summed E-state index contributed by atoms with van der Waals surface area (Å²) in [5.41, 5.74) is 3.20. The number of nitrogens with one attached hydrogen (secondary N) is 1. The van der Waals surface area contributed by atoms with Crippen molar-refractivity contribution in [3.05, 3.63) is 60.8 Å². The molecular weight excluding hydrogens is 214 g/mol. The van der Waals surface area contributed by atoms with Crippen molar-refractivity contribution in [1.82, 2.24) is 0 Å². The molecule has 0 bridgehead atoms. The van der Waals surface area contributed by atoms with E-state index in [1.54, 1.807) is 11.8 Å². The SMILES string of the molecule is C=C/C=C(\SC)c1ccccc1NC(=C)C. The number of hydrogen-bond acceptors (Lipinski definition) is 2. The summed E-state index contributed by atoms with van der Waals surface area (Å²) in [5.74, 6) is 0. The Hall–Kier alpha value is -1.41. The number of hydrogen-bond donors (Lipinski definition) is 1. The molecule has 0 radical (unpaired) electrons. The molecule has 1 aromatic carbocycles. The van der Waals surface area contributed by atoms with E-state index >= 15 is 0 Å². The van der Waals surface area contributed by atoms with Gasteiger partial charge in [0.2, 0.25) is 0 Å². The molecule has 1 N–H and O–H groups in total. The molecule has 0 saturated heterocycles. The number of anilines is 1. The van der Waals surface area contributed by atoms with Crippen LogP contribution >= 0.6 is 11.8 Å². The summed E-state index contributed by atoms with van der Waals surface area (Å²) in [5, 5.41) is 3.26. The van der Waals surface area contributed by atoms with Gasteiger partial charge < -0.3 is 5.32 Å². The molecule has 0 fully saturated rings. The van der Waals surface area contributed by atoms with Crippen LogP contribution < -0.4 is 5.32 Å². The van der Waals surface area contributed by atoms with Crippen molar-refractivity contribution in [2.45, 2.75) is 6.92 Å². The van der Waals surface area contributed by atoms with E-state index in [0.717, 1.165) is 11.4 Å². The molecule has 0 amide bonds. The van der Waals surface area contributed by atoms with Crippen molar-refractivity contribution >= 4 is 22.4 Å². The molecule has 0 unspecified atom stereocenters. The Morgan fingerprint density at radius 1 is 1.38 bits per heavy atom. The number of rotatable bonds is 5. The highest BCUT2D eigenvalue weighted by Gasteiger charge is 2.05. The van der Waals surface area contributed by atoms with Crippen LogP contribution in [-0.4, -0.2) is 6.26 Å². The Kier molecular flexibility index (Phi) is 4.93. The first-order chi connectivity index (χ1) is 7.69. The minimum Gasteiger partial charge on any atom is -0.359 e. The second-order valence-corrected chi connectivity index (χ2v) is 4.27. The smallest absolute Gasteiger partial charge is 0.0466 e.